The summed E-state index contributed by atoms with van der Waals surface area (Å²) in [4.78, 5) is 25.1. The zero-order chi connectivity index (χ0) is 18.3. The normalized spacial score (nSPS) is 12.3. The van der Waals surface area contributed by atoms with Crippen LogP contribution in [-0.2, 0) is 9.59 Å². The van der Waals surface area contributed by atoms with Gasteiger partial charge in [0.25, 0.3) is 5.91 Å². The van der Waals surface area contributed by atoms with Crippen molar-refractivity contribution in [2.24, 2.45) is 5.41 Å². The van der Waals surface area contributed by atoms with E-state index in [0.29, 0.717) is 5.75 Å². The van der Waals surface area contributed by atoms with E-state index in [0.717, 1.165) is 4.88 Å². The molecule has 0 aliphatic carbocycles. The van der Waals surface area contributed by atoms with Crippen molar-refractivity contribution in [1.29, 1.82) is 0 Å². The van der Waals surface area contributed by atoms with E-state index in [1.54, 1.807) is 23.5 Å². The Hall–Kier alpha value is -2.34. The van der Waals surface area contributed by atoms with E-state index >= 15 is 0 Å². The van der Waals surface area contributed by atoms with Crippen molar-refractivity contribution in [3.63, 3.8) is 0 Å². The molecule has 0 aliphatic rings. The number of hydrogen-bond donors (Lipinski definition) is 2. The Kier molecular flexibility index (Phi) is 6.58. The van der Waals surface area contributed by atoms with Crippen LogP contribution < -0.4 is 15.4 Å². The van der Waals surface area contributed by atoms with E-state index in [9.17, 15) is 9.59 Å². The molecule has 0 spiro atoms. The fourth-order valence-electron chi connectivity index (χ4n) is 2.28. The summed E-state index contributed by atoms with van der Waals surface area (Å²) in [6.07, 6.45) is 0. The molecule has 0 radical (unpaired) electrons. The number of carbonyl (C=O) groups is 2. The molecule has 0 aliphatic heterocycles. The molecule has 0 saturated carbocycles. The molecule has 1 heterocycles. The Bertz CT molecular complexity index is 678. The minimum Gasteiger partial charge on any atom is -0.484 e. The van der Waals surface area contributed by atoms with Gasteiger partial charge in [-0.1, -0.05) is 45.0 Å². The predicted octanol–water partition coefficient (Wildman–Crippen LogP) is 3.15. The first-order chi connectivity index (χ1) is 11.9. The van der Waals surface area contributed by atoms with Crippen molar-refractivity contribution in [1.82, 2.24) is 10.6 Å². The summed E-state index contributed by atoms with van der Waals surface area (Å²) in [7, 11) is 0. The molecule has 2 aromatic rings. The third-order valence-electron chi connectivity index (χ3n) is 3.56. The number of carbonyl (C=O) groups excluding carboxylic acids is 2. The first-order valence-corrected chi connectivity index (χ1v) is 9.01. The van der Waals surface area contributed by atoms with Gasteiger partial charge in [-0.25, -0.2) is 0 Å². The van der Waals surface area contributed by atoms with Crippen LogP contribution in [0.3, 0.4) is 0 Å². The van der Waals surface area contributed by atoms with E-state index in [4.69, 9.17) is 4.74 Å². The molecule has 1 atom stereocenters. The van der Waals surface area contributed by atoms with Crippen LogP contribution in [0.2, 0.25) is 0 Å². The SMILES string of the molecule is CC(C)(C)[C@H](NC(=O)CNC(=O)COc1ccccc1)c1cccs1. The number of hydrogen-bond acceptors (Lipinski definition) is 4. The first kappa shape index (κ1) is 19.0. The highest BCUT2D eigenvalue weighted by Crippen LogP contribution is 2.34. The van der Waals surface area contributed by atoms with Crippen molar-refractivity contribution in [2.75, 3.05) is 13.2 Å². The fraction of sp³-hybridized carbons (Fsp3) is 0.368. The predicted molar refractivity (Wildman–Crippen MR) is 99.6 cm³/mol. The van der Waals surface area contributed by atoms with Crippen LogP contribution in [0.5, 0.6) is 5.75 Å². The standard InChI is InChI=1S/C19H24N2O3S/c1-19(2,3)18(15-10-7-11-25-15)21-16(22)12-20-17(23)13-24-14-8-5-4-6-9-14/h4-11,18H,12-13H2,1-3H3,(H,20,23)(H,21,22)/t18-/m1/s1. The molecule has 2 N–H and O–H groups in total. The van der Waals surface area contributed by atoms with Gasteiger partial charge in [-0.3, -0.25) is 9.59 Å². The number of ether oxygens (including phenoxy) is 1. The molecule has 0 bridgehead atoms. The Morgan fingerprint density at radius 3 is 2.40 bits per heavy atom. The Labute approximate surface area is 152 Å². The summed E-state index contributed by atoms with van der Waals surface area (Å²) < 4.78 is 5.35. The molecule has 25 heavy (non-hydrogen) atoms. The molecule has 1 aromatic heterocycles. The molecule has 0 saturated heterocycles. The van der Waals surface area contributed by atoms with E-state index in [2.05, 4.69) is 31.4 Å². The van der Waals surface area contributed by atoms with Crippen LogP contribution in [-0.4, -0.2) is 25.0 Å². The van der Waals surface area contributed by atoms with Crippen molar-refractivity contribution < 1.29 is 14.3 Å². The lowest BCUT2D eigenvalue weighted by molar-refractivity contribution is -0.127. The van der Waals surface area contributed by atoms with E-state index in [-0.39, 0.29) is 36.4 Å². The minimum atomic E-state index is -0.331. The van der Waals surface area contributed by atoms with Gasteiger partial charge in [0.05, 0.1) is 12.6 Å². The lowest BCUT2D eigenvalue weighted by Crippen LogP contribution is -2.43. The zero-order valence-electron chi connectivity index (χ0n) is 14.7. The summed E-state index contributed by atoms with van der Waals surface area (Å²) in [6, 6.07) is 13.0. The second kappa shape index (κ2) is 8.67. The molecule has 2 amide bonds. The number of para-hydroxylation sites is 1. The maximum Gasteiger partial charge on any atom is 0.258 e. The zero-order valence-corrected chi connectivity index (χ0v) is 15.6. The lowest BCUT2D eigenvalue weighted by atomic mass is 9.86. The van der Waals surface area contributed by atoms with Crippen molar-refractivity contribution >= 4 is 23.2 Å². The molecular weight excluding hydrogens is 336 g/mol. The third kappa shape index (κ3) is 6.23. The van der Waals surface area contributed by atoms with Gasteiger partial charge in [0.15, 0.2) is 6.61 Å². The molecule has 5 nitrogen and oxygen atoms in total. The van der Waals surface area contributed by atoms with Gasteiger partial charge in [0.2, 0.25) is 5.91 Å². The summed E-state index contributed by atoms with van der Waals surface area (Å²) in [5.41, 5.74) is -0.124. The summed E-state index contributed by atoms with van der Waals surface area (Å²) >= 11 is 1.61. The largest absolute Gasteiger partial charge is 0.484 e. The monoisotopic (exact) mass is 360 g/mol. The quantitative estimate of drug-likeness (QED) is 0.797. The minimum absolute atomic E-state index is 0.0745. The van der Waals surface area contributed by atoms with Gasteiger partial charge in [-0.05, 0) is 29.0 Å². The van der Waals surface area contributed by atoms with Crippen LogP contribution in [0.15, 0.2) is 47.8 Å². The van der Waals surface area contributed by atoms with Crippen molar-refractivity contribution in [3.05, 3.63) is 52.7 Å². The Balaban J connectivity index is 1.80. The topological polar surface area (TPSA) is 67.4 Å². The third-order valence-corrected chi connectivity index (χ3v) is 4.50. The number of thiophene rings is 1. The Morgan fingerprint density at radius 1 is 1.08 bits per heavy atom. The highest BCUT2D eigenvalue weighted by atomic mass is 32.1. The highest BCUT2D eigenvalue weighted by molar-refractivity contribution is 7.10. The number of amides is 2. The van der Waals surface area contributed by atoms with Crippen molar-refractivity contribution in [3.8, 4) is 5.75 Å². The van der Waals surface area contributed by atoms with Crippen LogP contribution in [0.25, 0.3) is 0 Å². The van der Waals surface area contributed by atoms with Crippen LogP contribution in [0.4, 0.5) is 0 Å². The number of nitrogens with one attached hydrogen (secondary N) is 2. The van der Waals surface area contributed by atoms with Gasteiger partial charge < -0.3 is 15.4 Å². The molecule has 134 valence electrons. The fourth-order valence-corrected chi connectivity index (χ4v) is 3.30. The number of rotatable bonds is 7. The van der Waals surface area contributed by atoms with Gasteiger partial charge in [0, 0.05) is 4.88 Å². The molecule has 2 rings (SSSR count). The summed E-state index contributed by atoms with van der Waals surface area (Å²) in [5.74, 6) is 0.0661. The van der Waals surface area contributed by atoms with Gasteiger partial charge in [-0.2, -0.15) is 0 Å². The number of benzene rings is 1. The maximum absolute atomic E-state index is 12.2. The van der Waals surface area contributed by atoms with Crippen LogP contribution in [0, 0.1) is 5.41 Å². The van der Waals surface area contributed by atoms with Crippen molar-refractivity contribution in [2.45, 2.75) is 26.8 Å². The van der Waals surface area contributed by atoms with Crippen LogP contribution in [0.1, 0.15) is 31.7 Å². The maximum atomic E-state index is 12.2. The van der Waals surface area contributed by atoms with E-state index in [1.807, 2.05) is 35.7 Å². The highest BCUT2D eigenvalue weighted by Gasteiger charge is 2.28. The summed E-state index contributed by atoms with van der Waals surface area (Å²) in [6.45, 7) is 6.03. The molecule has 0 fully saturated rings. The van der Waals surface area contributed by atoms with E-state index in [1.165, 1.54) is 0 Å². The first-order valence-electron chi connectivity index (χ1n) is 8.13. The molecular formula is C19H24N2O3S. The second-order valence-electron chi connectivity index (χ2n) is 6.76. The molecule has 1 aromatic carbocycles. The van der Waals surface area contributed by atoms with Crippen LogP contribution >= 0.6 is 11.3 Å². The Morgan fingerprint density at radius 2 is 1.80 bits per heavy atom. The van der Waals surface area contributed by atoms with E-state index < -0.39 is 0 Å². The molecule has 6 heteroatoms. The smallest absolute Gasteiger partial charge is 0.258 e. The van der Waals surface area contributed by atoms with Gasteiger partial charge in [-0.15, -0.1) is 11.3 Å². The van der Waals surface area contributed by atoms with Gasteiger partial charge in [0.1, 0.15) is 5.75 Å². The summed E-state index contributed by atoms with van der Waals surface area (Å²) in [5, 5.41) is 7.58. The van der Waals surface area contributed by atoms with Gasteiger partial charge >= 0.3 is 0 Å². The average molecular weight is 360 g/mol. The molecule has 0 unspecified atom stereocenters. The average Bonchev–Trinajstić information content (AvgIpc) is 3.10. The lowest BCUT2D eigenvalue weighted by Gasteiger charge is -2.30. The second-order valence-corrected chi connectivity index (χ2v) is 7.74.